The average Bonchev–Trinajstić information content (AvgIpc) is 3.72. The summed E-state index contributed by atoms with van der Waals surface area (Å²) in [6, 6.07) is 25.5. The van der Waals surface area contributed by atoms with E-state index >= 15 is 0 Å². The standard InChI is InChI=1S/C20H17BrClN3O2.C19H16BrCl2N3O3.CH4.I3/c1-12-7-15(22)9-16(8-12)24-18(27)20(2,25-17(26)11-23-19(24)25)10-13-3-5-14(21)6-4-13;1-19(9-11-2-4-12(20)5-3-11)17(28)25(18(24-19)23-10-16(26)27)15-7-13(21)6-14(22)8-15;;1-3-2/h3-9H,10-11H2,1-2H3;2-8H,9-10H2,1H3,(H,23,24)(H,26,27);1H4;/q;;;-1/t20-;19-;;/m11../s1. The molecule has 3 aliphatic heterocycles. The zero-order valence-electron chi connectivity index (χ0n) is 30.8. The van der Waals surface area contributed by atoms with Crippen LogP contribution in [0.4, 0.5) is 11.4 Å². The van der Waals surface area contributed by atoms with Crippen molar-refractivity contribution in [3.05, 3.63) is 126 Å². The number of rotatable bonds is 8. The SMILES string of the molecule is C.C[C@]1(Cc2ccc(Br)cc2)NC(=NCC(=O)O)N(c2cc(Cl)cc(Cl)c2)C1=O.Cc1cc(Cl)cc(N2C(=O)[C@@](C)(Cc3ccc(Br)cc3)N3C(=O)CN=C23)c1.I[I-]I. The van der Waals surface area contributed by atoms with Crippen molar-refractivity contribution >= 4 is 151 Å². The number of carboxylic acid groups (broad SMARTS) is 1. The minimum atomic E-state index is -1.10. The van der Waals surface area contributed by atoms with Crippen LogP contribution in [0.2, 0.25) is 15.1 Å². The predicted molar refractivity (Wildman–Crippen MR) is 257 cm³/mol. The minimum absolute atomic E-state index is 0. The molecule has 7 rings (SSSR count). The van der Waals surface area contributed by atoms with Crippen molar-refractivity contribution in [2.75, 3.05) is 22.9 Å². The molecule has 0 aromatic heterocycles. The molecule has 11 nitrogen and oxygen atoms in total. The van der Waals surface area contributed by atoms with Gasteiger partial charge in [0, 0.05) is 36.9 Å². The van der Waals surface area contributed by atoms with Gasteiger partial charge < -0.3 is 10.4 Å². The Labute approximate surface area is 404 Å². The van der Waals surface area contributed by atoms with E-state index < -0.39 is 23.6 Å². The number of hydrogen-bond acceptors (Lipinski definition) is 6. The van der Waals surface area contributed by atoms with E-state index in [1.54, 1.807) is 38.1 Å². The molecule has 0 aliphatic carbocycles. The second kappa shape index (κ2) is 21.3. The van der Waals surface area contributed by atoms with Crippen molar-refractivity contribution < 1.29 is 37.5 Å². The Morgan fingerprint density at radius 3 is 1.83 bits per heavy atom. The van der Waals surface area contributed by atoms with E-state index in [0.29, 0.717) is 58.5 Å². The molecule has 4 aromatic carbocycles. The van der Waals surface area contributed by atoms with E-state index in [-0.39, 0.29) is 37.7 Å². The summed E-state index contributed by atoms with van der Waals surface area (Å²) < 4.78 is 1.90. The molecule has 0 spiro atoms. The van der Waals surface area contributed by atoms with Crippen LogP contribution in [0, 0.1) is 6.92 Å². The van der Waals surface area contributed by atoms with Crippen LogP contribution in [-0.4, -0.2) is 69.8 Å². The number of nitrogens with one attached hydrogen (secondary N) is 1. The molecule has 3 heterocycles. The van der Waals surface area contributed by atoms with Gasteiger partial charge in [0.1, 0.15) is 24.2 Å². The number of carbonyl (C=O) groups is 4. The molecule has 0 unspecified atom stereocenters. The summed E-state index contributed by atoms with van der Waals surface area (Å²) in [6.07, 6.45) is 0.788. The molecule has 19 heteroatoms. The Morgan fingerprint density at radius 2 is 1.32 bits per heavy atom. The normalized spacial score (nSPS) is 20.0. The molecule has 2 fully saturated rings. The molecule has 2 N–H and O–H groups in total. The summed E-state index contributed by atoms with van der Waals surface area (Å²) in [4.78, 5) is 63.1. The number of carboxylic acids is 1. The zero-order chi connectivity index (χ0) is 42.5. The molecule has 0 saturated carbocycles. The molecule has 4 aromatic rings. The fourth-order valence-electron chi connectivity index (χ4n) is 6.71. The van der Waals surface area contributed by atoms with Gasteiger partial charge in [0.2, 0.25) is 11.9 Å². The van der Waals surface area contributed by atoms with E-state index in [1.807, 2.05) is 67.6 Å². The third kappa shape index (κ3) is 11.9. The Hall–Kier alpha value is -2.08. The number of aliphatic imine (C=N–C) groups is 2. The number of aryl methyl sites for hydroxylation is 1. The van der Waals surface area contributed by atoms with Crippen LogP contribution >= 0.6 is 104 Å². The van der Waals surface area contributed by atoms with Crippen LogP contribution in [0.15, 0.2) is 104 Å². The maximum atomic E-state index is 13.5. The fraction of sp³-hybridized carbons (Fsp3) is 0.250. The van der Waals surface area contributed by atoms with Gasteiger partial charge in [-0.3, -0.25) is 24.1 Å². The Morgan fingerprint density at radius 1 is 0.831 bits per heavy atom. The molecule has 3 amide bonds. The quantitative estimate of drug-likeness (QED) is 0.176. The van der Waals surface area contributed by atoms with Gasteiger partial charge in [0.05, 0.1) is 11.4 Å². The molecule has 2 saturated heterocycles. The Kier molecular flexibility index (Phi) is 17.9. The molecular formula is C40H37Br2Cl3I3N6O5-. The van der Waals surface area contributed by atoms with Crippen LogP contribution < -0.4 is 28.4 Å². The number of halogens is 8. The topological polar surface area (TPSA) is 135 Å². The van der Waals surface area contributed by atoms with Gasteiger partial charge in [0.25, 0.3) is 17.7 Å². The van der Waals surface area contributed by atoms with Crippen molar-refractivity contribution in [3.8, 4) is 0 Å². The van der Waals surface area contributed by atoms with Crippen LogP contribution in [0.1, 0.15) is 38.0 Å². The summed E-state index contributed by atoms with van der Waals surface area (Å²) in [5.41, 5.74) is 1.84. The zero-order valence-corrected chi connectivity index (χ0v) is 42.7. The second-order valence-electron chi connectivity index (χ2n) is 13.7. The second-order valence-corrected chi connectivity index (χ2v) is 33.1. The molecule has 0 bridgehead atoms. The van der Waals surface area contributed by atoms with Crippen LogP contribution in [0.25, 0.3) is 0 Å². The van der Waals surface area contributed by atoms with Gasteiger partial charge in [-0.05, 0) is 98.1 Å². The van der Waals surface area contributed by atoms with Crippen LogP contribution in [-0.2, 0) is 32.0 Å². The summed E-state index contributed by atoms with van der Waals surface area (Å²) >= 11 is 30.5. The number of anilines is 2. The Bertz CT molecular complexity index is 2270. The Balaban J connectivity index is 0.000000241. The molecular weight excluding hydrogens is 1290 g/mol. The first-order valence-corrected chi connectivity index (χ1v) is 32.4. The first-order valence-electron chi connectivity index (χ1n) is 17.1. The van der Waals surface area contributed by atoms with E-state index in [2.05, 4.69) is 84.4 Å². The third-order valence-electron chi connectivity index (χ3n) is 9.12. The van der Waals surface area contributed by atoms with Gasteiger partial charge >= 0.3 is 56.5 Å². The van der Waals surface area contributed by atoms with E-state index in [0.717, 1.165) is 25.6 Å². The fourth-order valence-corrected chi connectivity index (χ4v) is 8.04. The van der Waals surface area contributed by atoms with E-state index in [4.69, 9.17) is 39.9 Å². The number of benzene rings is 4. The number of aliphatic carboxylic acids is 1. The number of carbonyl (C=O) groups excluding carboxylic acids is 3. The number of nitrogens with zero attached hydrogens (tertiary/aromatic N) is 5. The summed E-state index contributed by atoms with van der Waals surface area (Å²) in [7, 11) is 0. The van der Waals surface area contributed by atoms with Gasteiger partial charge in [-0.15, -0.1) is 0 Å². The van der Waals surface area contributed by atoms with E-state index in [9.17, 15) is 19.2 Å². The average molecular weight is 1330 g/mol. The van der Waals surface area contributed by atoms with Gasteiger partial charge in [-0.2, -0.15) is 0 Å². The van der Waals surface area contributed by atoms with Crippen molar-refractivity contribution in [1.82, 2.24) is 10.2 Å². The molecule has 3 aliphatic rings. The van der Waals surface area contributed by atoms with Crippen LogP contribution in [0.5, 0.6) is 0 Å². The number of hydrogen-bond donors (Lipinski definition) is 2. The molecule has 59 heavy (non-hydrogen) atoms. The molecule has 0 radical (unpaired) electrons. The first-order chi connectivity index (χ1) is 27.4. The van der Waals surface area contributed by atoms with Crippen molar-refractivity contribution in [2.24, 2.45) is 9.98 Å². The number of amides is 3. The number of fused-ring (bicyclic) bond motifs is 1. The first kappa shape index (κ1) is 49.6. The van der Waals surface area contributed by atoms with Crippen molar-refractivity contribution in [1.29, 1.82) is 0 Å². The van der Waals surface area contributed by atoms with Crippen LogP contribution in [0.3, 0.4) is 0 Å². The van der Waals surface area contributed by atoms with Crippen molar-refractivity contribution in [3.63, 3.8) is 0 Å². The summed E-state index contributed by atoms with van der Waals surface area (Å²) in [6.45, 7) is 5.03. The van der Waals surface area contributed by atoms with Gasteiger partial charge in [-0.25, -0.2) is 19.8 Å². The monoisotopic (exact) mass is 1320 g/mol. The van der Waals surface area contributed by atoms with Crippen molar-refractivity contribution in [2.45, 2.75) is 52.1 Å². The predicted octanol–water partition coefficient (Wildman–Crippen LogP) is 7.50. The summed E-state index contributed by atoms with van der Waals surface area (Å²) in [5, 5.41) is 13.3. The summed E-state index contributed by atoms with van der Waals surface area (Å²) in [5.74, 6) is -1.21. The van der Waals surface area contributed by atoms with Gasteiger partial charge in [0.15, 0.2) is 0 Å². The third-order valence-corrected chi connectivity index (χ3v) is 10.8. The van der Waals surface area contributed by atoms with Gasteiger partial charge in [-0.1, -0.05) is 98.4 Å². The van der Waals surface area contributed by atoms with E-state index in [1.165, 1.54) is 14.7 Å². The molecule has 314 valence electrons. The number of guanidine groups is 2. The molecule has 2 atom stereocenters. The maximum absolute atomic E-state index is 13.5.